The van der Waals surface area contributed by atoms with Gasteiger partial charge in [0.2, 0.25) is 0 Å². The second kappa shape index (κ2) is 5.38. The van der Waals surface area contributed by atoms with E-state index in [1.165, 1.54) is 0 Å². The van der Waals surface area contributed by atoms with Crippen LogP contribution in [0, 0.1) is 0 Å². The molecule has 2 aliphatic carbocycles. The molecule has 3 nitrogen and oxygen atoms in total. The highest BCUT2D eigenvalue weighted by Gasteiger charge is 2.64. The van der Waals surface area contributed by atoms with Crippen LogP contribution in [0.4, 0.5) is 0 Å². The molecule has 0 N–H and O–H groups in total. The number of ether oxygens (including phenoxy) is 3. The first-order valence-electron chi connectivity index (χ1n) is 8.26. The van der Waals surface area contributed by atoms with Gasteiger partial charge in [-0.15, -0.1) is 0 Å². The largest absolute Gasteiger partial charge is 0.460 e. The van der Waals surface area contributed by atoms with Crippen molar-refractivity contribution in [2.75, 3.05) is 0 Å². The van der Waals surface area contributed by atoms with Crippen LogP contribution in [0.3, 0.4) is 0 Å². The van der Waals surface area contributed by atoms with Gasteiger partial charge in [0.1, 0.15) is 11.5 Å². The second-order valence-corrected chi connectivity index (χ2v) is 7.53. The normalized spacial score (nSPS) is 40.2. The van der Waals surface area contributed by atoms with Gasteiger partial charge in [0.25, 0.3) is 0 Å². The number of allylic oxidation sites excluding steroid dienone is 4. The number of halogens is 2. The van der Waals surface area contributed by atoms with Crippen LogP contribution in [-0.2, 0) is 14.2 Å². The minimum atomic E-state index is -0.707. The molecular formula is C18H20Cl2O3. The maximum absolute atomic E-state index is 6.54. The number of rotatable bonds is 6. The molecule has 4 unspecified atom stereocenters. The Kier molecular flexibility index (Phi) is 3.69. The molecule has 2 saturated heterocycles. The van der Waals surface area contributed by atoms with E-state index in [-0.39, 0.29) is 12.2 Å². The molecule has 2 fully saturated rings. The summed E-state index contributed by atoms with van der Waals surface area (Å²) in [4.78, 5) is 0. The van der Waals surface area contributed by atoms with E-state index in [0.717, 1.165) is 48.3 Å². The van der Waals surface area contributed by atoms with E-state index in [2.05, 4.69) is 13.8 Å². The summed E-state index contributed by atoms with van der Waals surface area (Å²) in [5, 5.41) is -1.41. The Hall–Kier alpha value is -0.740. The van der Waals surface area contributed by atoms with E-state index >= 15 is 0 Å². The minimum Gasteiger partial charge on any atom is -0.460 e. The first-order valence-corrected chi connectivity index (χ1v) is 9.02. The monoisotopic (exact) mass is 354 g/mol. The zero-order valence-electron chi connectivity index (χ0n) is 13.3. The van der Waals surface area contributed by atoms with Crippen molar-refractivity contribution in [1.82, 2.24) is 0 Å². The fourth-order valence-electron chi connectivity index (χ4n) is 3.37. The maximum atomic E-state index is 6.54. The van der Waals surface area contributed by atoms with E-state index < -0.39 is 10.1 Å². The lowest BCUT2D eigenvalue weighted by Gasteiger charge is -2.19. The molecule has 0 spiro atoms. The zero-order valence-corrected chi connectivity index (χ0v) is 14.8. The summed E-state index contributed by atoms with van der Waals surface area (Å²) in [5.74, 6) is 1.46. The predicted octanol–water partition coefficient (Wildman–Crippen LogP) is 4.92. The Balaban J connectivity index is 1.52. The average molecular weight is 355 g/mol. The fourth-order valence-corrected chi connectivity index (χ4v) is 4.08. The van der Waals surface area contributed by atoms with Gasteiger partial charge < -0.3 is 14.2 Å². The highest BCUT2D eigenvalue weighted by atomic mass is 35.5. The maximum Gasteiger partial charge on any atom is 0.198 e. The Morgan fingerprint density at radius 3 is 1.70 bits per heavy atom. The molecular weight excluding hydrogens is 335 g/mol. The highest BCUT2D eigenvalue weighted by Crippen LogP contribution is 2.57. The molecule has 0 aromatic heterocycles. The topological polar surface area (TPSA) is 34.3 Å². The molecule has 0 radical (unpaired) electrons. The third-order valence-corrected chi connectivity index (χ3v) is 5.76. The van der Waals surface area contributed by atoms with E-state index in [4.69, 9.17) is 37.4 Å². The molecule has 0 bridgehead atoms. The number of hydrogen-bond donors (Lipinski definition) is 0. The lowest BCUT2D eigenvalue weighted by molar-refractivity contribution is 0.232. The summed E-state index contributed by atoms with van der Waals surface area (Å²) >= 11 is 13.1. The molecule has 0 amide bonds. The van der Waals surface area contributed by atoms with Crippen molar-refractivity contribution in [2.24, 2.45) is 0 Å². The summed E-state index contributed by atoms with van der Waals surface area (Å²) < 4.78 is 17.4. The number of hydrogen-bond acceptors (Lipinski definition) is 3. The molecule has 0 aromatic rings. The third-order valence-electron chi connectivity index (χ3n) is 4.70. The summed E-state index contributed by atoms with van der Waals surface area (Å²) in [6.45, 7) is 4.26. The van der Waals surface area contributed by atoms with Crippen molar-refractivity contribution in [3.63, 3.8) is 0 Å². The molecule has 2 aliphatic heterocycles. The van der Waals surface area contributed by atoms with Gasteiger partial charge in [-0.3, -0.25) is 0 Å². The van der Waals surface area contributed by atoms with Crippen LogP contribution in [0.15, 0.2) is 47.0 Å². The SMILES string of the molecule is CCCC1=CC=C(OC2=CC=C(CCC)C3(Cl)OC23)C2OC12Cl. The van der Waals surface area contributed by atoms with Gasteiger partial charge >= 0.3 is 0 Å². The van der Waals surface area contributed by atoms with Crippen molar-refractivity contribution in [3.8, 4) is 0 Å². The van der Waals surface area contributed by atoms with Crippen molar-refractivity contribution in [2.45, 2.75) is 61.9 Å². The third kappa shape index (κ3) is 2.41. The minimum absolute atomic E-state index is 0.207. The lowest BCUT2D eigenvalue weighted by Crippen LogP contribution is -2.20. The van der Waals surface area contributed by atoms with Gasteiger partial charge in [-0.05, 0) is 36.1 Å². The standard InChI is InChI=1S/C18H20Cl2O3/c1-3-5-11-7-9-13(15-17(11,19)22-15)21-14-10-8-12(6-4-2)18(20)16(14)23-18/h7-10,15-16H,3-6H2,1-2H3. The Morgan fingerprint density at radius 2 is 1.30 bits per heavy atom. The molecule has 4 atom stereocenters. The number of alkyl halides is 2. The molecule has 2 heterocycles. The quantitative estimate of drug-likeness (QED) is 0.501. The average Bonchev–Trinajstić information content (AvgIpc) is 3.40. The van der Waals surface area contributed by atoms with Crippen molar-refractivity contribution in [1.29, 1.82) is 0 Å². The van der Waals surface area contributed by atoms with Crippen LogP contribution in [0.25, 0.3) is 0 Å². The molecule has 5 heteroatoms. The van der Waals surface area contributed by atoms with Crippen LogP contribution in [0.2, 0.25) is 0 Å². The van der Waals surface area contributed by atoms with Gasteiger partial charge in [0, 0.05) is 0 Å². The molecule has 0 aromatic carbocycles. The fraction of sp³-hybridized carbons (Fsp3) is 0.556. The molecule has 0 saturated carbocycles. The first-order chi connectivity index (χ1) is 11.0. The van der Waals surface area contributed by atoms with Crippen molar-refractivity contribution < 1.29 is 14.2 Å². The predicted molar refractivity (Wildman–Crippen MR) is 90.1 cm³/mol. The lowest BCUT2D eigenvalue weighted by atomic mass is 9.98. The summed E-state index contributed by atoms with van der Waals surface area (Å²) in [6, 6.07) is 0. The van der Waals surface area contributed by atoms with Crippen LogP contribution in [0.5, 0.6) is 0 Å². The number of epoxide rings is 2. The molecule has 124 valence electrons. The van der Waals surface area contributed by atoms with Gasteiger partial charge in [-0.25, -0.2) is 0 Å². The summed E-state index contributed by atoms with van der Waals surface area (Å²) in [5.41, 5.74) is 2.24. The van der Waals surface area contributed by atoms with Crippen molar-refractivity contribution in [3.05, 3.63) is 47.0 Å². The van der Waals surface area contributed by atoms with E-state index in [1.54, 1.807) is 0 Å². The van der Waals surface area contributed by atoms with Gasteiger partial charge in [-0.1, -0.05) is 62.0 Å². The van der Waals surface area contributed by atoms with Crippen molar-refractivity contribution >= 4 is 23.2 Å². The second-order valence-electron chi connectivity index (χ2n) is 6.41. The van der Waals surface area contributed by atoms with E-state index in [1.807, 2.05) is 24.3 Å². The molecule has 4 rings (SSSR count). The summed E-state index contributed by atoms with van der Waals surface area (Å²) in [7, 11) is 0. The smallest absolute Gasteiger partial charge is 0.198 e. The highest BCUT2D eigenvalue weighted by molar-refractivity contribution is 6.28. The zero-order chi connectivity index (χ0) is 16.2. The van der Waals surface area contributed by atoms with Crippen LogP contribution >= 0.6 is 23.2 Å². The summed E-state index contributed by atoms with van der Waals surface area (Å²) in [6.07, 6.45) is 11.5. The van der Waals surface area contributed by atoms with E-state index in [9.17, 15) is 0 Å². The van der Waals surface area contributed by atoms with Gasteiger partial charge in [-0.2, -0.15) is 0 Å². The Morgan fingerprint density at radius 1 is 0.870 bits per heavy atom. The van der Waals surface area contributed by atoms with Gasteiger partial charge in [0.15, 0.2) is 22.3 Å². The van der Waals surface area contributed by atoms with Crippen LogP contribution in [0.1, 0.15) is 39.5 Å². The molecule has 4 aliphatic rings. The Bertz CT molecular complexity index is 607. The Labute approximate surface area is 146 Å². The van der Waals surface area contributed by atoms with Crippen LogP contribution in [-0.4, -0.2) is 22.3 Å². The molecule has 23 heavy (non-hydrogen) atoms. The van der Waals surface area contributed by atoms with Gasteiger partial charge in [0.05, 0.1) is 0 Å². The first kappa shape index (κ1) is 15.8. The van der Waals surface area contributed by atoms with Crippen LogP contribution < -0.4 is 0 Å². The number of fused-ring (bicyclic) bond motifs is 2. The van der Waals surface area contributed by atoms with E-state index in [0.29, 0.717) is 0 Å².